The molecule has 3 heterocycles. The van der Waals surface area contributed by atoms with E-state index in [1.54, 1.807) is 0 Å². The van der Waals surface area contributed by atoms with Gasteiger partial charge in [-0.1, -0.05) is 0 Å². The van der Waals surface area contributed by atoms with Gasteiger partial charge in [0.05, 0.1) is 0 Å². The fraction of sp³-hybridized carbons (Fsp3) is 0.417. The predicted octanol–water partition coefficient (Wildman–Crippen LogP) is 1.43. The third-order valence-corrected chi connectivity index (χ3v) is 3.38. The van der Waals surface area contributed by atoms with Crippen molar-refractivity contribution in [1.82, 2.24) is 14.7 Å². The Morgan fingerprint density at radius 1 is 1.41 bits per heavy atom. The van der Waals surface area contributed by atoms with E-state index < -0.39 is 0 Å². The Labute approximate surface area is 105 Å². The number of nitrogens with one attached hydrogen (secondary N) is 2. The number of fused-ring (bicyclic) bond motifs is 1. The molecule has 5 heteroatoms. The summed E-state index contributed by atoms with van der Waals surface area (Å²) in [7, 11) is 0. The molecule has 0 aliphatic carbocycles. The van der Waals surface area contributed by atoms with Crippen molar-refractivity contribution in [3.63, 3.8) is 0 Å². The van der Waals surface area contributed by atoms with Gasteiger partial charge in [-0.2, -0.15) is 0 Å². The first-order chi connectivity index (χ1) is 7.75. The molecule has 1 aliphatic rings. The molecule has 1 fully saturated rings. The third kappa shape index (κ3) is 1.98. The summed E-state index contributed by atoms with van der Waals surface area (Å²) in [5.41, 5.74) is 2.89. The zero-order valence-corrected chi connectivity index (χ0v) is 10.5. The van der Waals surface area contributed by atoms with Crippen molar-refractivity contribution in [2.45, 2.75) is 19.3 Å². The van der Waals surface area contributed by atoms with Crippen LogP contribution in [-0.4, -0.2) is 22.5 Å². The summed E-state index contributed by atoms with van der Waals surface area (Å²) < 4.78 is 1.98. The zero-order chi connectivity index (χ0) is 11.1. The first-order valence-corrected chi connectivity index (χ1v) is 5.67. The van der Waals surface area contributed by atoms with Gasteiger partial charge in [0.25, 0.3) is 5.56 Å². The van der Waals surface area contributed by atoms with Crippen LogP contribution in [0.25, 0.3) is 5.52 Å². The Morgan fingerprint density at radius 3 is 2.94 bits per heavy atom. The molecule has 0 spiro atoms. The minimum Gasteiger partial charge on any atom is -0.323 e. The number of aromatic nitrogens is 2. The smallest absolute Gasteiger partial charge is 0.272 e. The lowest BCUT2D eigenvalue weighted by Gasteiger charge is -2.09. The van der Waals surface area contributed by atoms with Gasteiger partial charge >= 0.3 is 0 Å². The Bertz CT molecular complexity index is 581. The first-order valence-electron chi connectivity index (χ1n) is 5.67. The van der Waals surface area contributed by atoms with Gasteiger partial charge in [0, 0.05) is 30.0 Å². The summed E-state index contributed by atoms with van der Waals surface area (Å²) >= 11 is 0. The topological polar surface area (TPSA) is 49.3 Å². The maximum Gasteiger partial charge on any atom is 0.272 e. The van der Waals surface area contributed by atoms with Crippen LogP contribution in [0.2, 0.25) is 0 Å². The molecule has 1 aliphatic heterocycles. The molecular formula is C12H16ClN3O. The summed E-state index contributed by atoms with van der Waals surface area (Å²) in [6.07, 6.45) is 3.16. The van der Waals surface area contributed by atoms with E-state index in [0.29, 0.717) is 5.92 Å². The Balaban J connectivity index is 0.00000108. The lowest BCUT2D eigenvalue weighted by molar-refractivity contribution is 0.721. The standard InChI is InChI=1S/C12H15N3O.ClH/c1-8-2-3-11-12(16)14-10(7-15(8)11)9-4-5-13-6-9;/h2-3,7,9,13H,4-6H2,1H3,(H,14,16);1H. The van der Waals surface area contributed by atoms with Crippen molar-refractivity contribution in [2.24, 2.45) is 0 Å². The van der Waals surface area contributed by atoms with Crippen LogP contribution in [0.5, 0.6) is 0 Å². The molecule has 0 saturated carbocycles. The van der Waals surface area contributed by atoms with Crippen LogP contribution in [0.1, 0.15) is 23.7 Å². The molecule has 0 amide bonds. The van der Waals surface area contributed by atoms with E-state index >= 15 is 0 Å². The highest BCUT2D eigenvalue weighted by Crippen LogP contribution is 2.20. The minimum atomic E-state index is 0. The first kappa shape index (κ1) is 12.2. The number of aromatic amines is 1. The van der Waals surface area contributed by atoms with E-state index in [4.69, 9.17) is 0 Å². The van der Waals surface area contributed by atoms with Gasteiger partial charge < -0.3 is 14.7 Å². The minimum absolute atomic E-state index is 0. The number of hydrogen-bond acceptors (Lipinski definition) is 2. The monoisotopic (exact) mass is 253 g/mol. The van der Waals surface area contributed by atoms with Crippen molar-refractivity contribution < 1.29 is 0 Å². The second-order valence-electron chi connectivity index (χ2n) is 4.46. The van der Waals surface area contributed by atoms with Crippen LogP contribution < -0.4 is 10.9 Å². The van der Waals surface area contributed by atoms with E-state index in [0.717, 1.165) is 36.4 Å². The fourth-order valence-electron chi connectivity index (χ4n) is 2.40. The van der Waals surface area contributed by atoms with Crippen LogP contribution in [0.15, 0.2) is 23.1 Å². The molecule has 17 heavy (non-hydrogen) atoms. The molecule has 1 unspecified atom stereocenters. The van der Waals surface area contributed by atoms with E-state index in [1.165, 1.54) is 0 Å². The zero-order valence-electron chi connectivity index (χ0n) is 9.69. The maximum absolute atomic E-state index is 11.9. The van der Waals surface area contributed by atoms with E-state index in [-0.39, 0.29) is 18.0 Å². The summed E-state index contributed by atoms with van der Waals surface area (Å²) in [6, 6.07) is 3.84. The van der Waals surface area contributed by atoms with Gasteiger partial charge in [-0.15, -0.1) is 12.4 Å². The van der Waals surface area contributed by atoms with Gasteiger partial charge in [-0.05, 0) is 32.0 Å². The van der Waals surface area contributed by atoms with Crippen molar-refractivity contribution in [3.8, 4) is 0 Å². The average molecular weight is 254 g/mol. The number of hydrogen-bond donors (Lipinski definition) is 2. The molecule has 92 valence electrons. The van der Waals surface area contributed by atoms with Crippen LogP contribution >= 0.6 is 12.4 Å². The molecule has 3 rings (SSSR count). The summed E-state index contributed by atoms with van der Waals surface area (Å²) in [5, 5.41) is 3.32. The Morgan fingerprint density at radius 2 is 2.24 bits per heavy atom. The highest BCUT2D eigenvalue weighted by molar-refractivity contribution is 5.85. The second kappa shape index (κ2) is 4.55. The van der Waals surface area contributed by atoms with Gasteiger partial charge in [-0.3, -0.25) is 4.79 Å². The lowest BCUT2D eigenvalue weighted by Crippen LogP contribution is -2.16. The highest BCUT2D eigenvalue weighted by atomic mass is 35.5. The second-order valence-corrected chi connectivity index (χ2v) is 4.46. The largest absolute Gasteiger partial charge is 0.323 e. The number of halogens is 1. The quantitative estimate of drug-likeness (QED) is 0.808. The number of nitrogens with zero attached hydrogens (tertiary/aromatic N) is 1. The Kier molecular flexibility index (Phi) is 3.26. The van der Waals surface area contributed by atoms with Crippen LogP contribution in [0.4, 0.5) is 0 Å². The molecular weight excluding hydrogens is 238 g/mol. The van der Waals surface area contributed by atoms with Gasteiger partial charge in [0.1, 0.15) is 5.52 Å². The van der Waals surface area contributed by atoms with Gasteiger partial charge in [0.2, 0.25) is 0 Å². The van der Waals surface area contributed by atoms with Crippen molar-refractivity contribution >= 4 is 17.9 Å². The van der Waals surface area contributed by atoms with Gasteiger partial charge in [0.15, 0.2) is 0 Å². The lowest BCUT2D eigenvalue weighted by atomic mass is 10.1. The van der Waals surface area contributed by atoms with Gasteiger partial charge in [-0.25, -0.2) is 0 Å². The molecule has 0 aromatic carbocycles. The summed E-state index contributed by atoms with van der Waals surface area (Å²) in [4.78, 5) is 14.9. The predicted molar refractivity (Wildman–Crippen MR) is 70.2 cm³/mol. The average Bonchev–Trinajstić information content (AvgIpc) is 2.88. The van der Waals surface area contributed by atoms with Crippen LogP contribution in [0.3, 0.4) is 0 Å². The molecule has 4 nitrogen and oxygen atoms in total. The SMILES string of the molecule is Cc1ccc2c(=O)[nH]c(C3CCNC3)cn12.Cl. The molecule has 2 aromatic heterocycles. The fourth-order valence-corrected chi connectivity index (χ4v) is 2.40. The van der Waals surface area contributed by atoms with Crippen LogP contribution in [0, 0.1) is 6.92 Å². The maximum atomic E-state index is 11.9. The molecule has 1 atom stereocenters. The molecule has 2 aromatic rings. The van der Waals surface area contributed by atoms with Crippen LogP contribution in [-0.2, 0) is 0 Å². The number of H-pyrrole nitrogens is 1. The third-order valence-electron chi connectivity index (χ3n) is 3.38. The number of aryl methyl sites for hydroxylation is 1. The molecule has 2 N–H and O–H groups in total. The van der Waals surface area contributed by atoms with E-state index in [9.17, 15) is 4.79 Å². The summed E-state index contributed by atoms with van der Waals surface area (Å²) in [6.45, 7) is 4.01. The molecule has 1 saturated heterocycles. The molecule has 0 radical (unpaired) electrons. The normalized spacial score (nSPS) is 19.5. The highest BCUT2D eigenvalue weighted by Gasteiger charge is 2.18. The van der Waals surface area contributed by atoms with Crippen molar-refractivity contribution in [2.75, 3.05) is 13.1 Å². The molecule has 0 bridgehead atoms. The summed E-state index contributed by atoms with van der Waals surface area (Å²) in [5.74, 6) is 0.443. The van der Waals surface area contributed by atoms with Crippen molar-refractivity contribution in [1.29, 1.82) is 0 Å². The number of rotatable bonds is 1. The van der Waals surface area contributed by atoms with E-state index in [1.807, 2.05) is 23.5 Å². The van der Waals surface area contributed by atoms with E-state index in [2.05, 4.69) is 16.5 Å². The van der Waals surface area contributed by atoms with Crippen molar-refractivity contribution in [3.05, 3.63) is 40.1 Å². The Hall–Kier alpha value is -1.26.